The third kappa shape index (κ3) is 5.59. The molecule has 0 aliphatic rings. The van der Waals surface area contributed by atoms with Crippen molar-refractivity contribution in [3.63, 3.8) is 0 Å². The van der Waals surface area contributed by atoms with Gasteiger partial charge in [0.25, 0.3) is 10.0 Å². The van der Waals surface area contributed by atoms with Crippen LogP contribution in [0.5, 0.6) is 0 Å². The number of pyridine rings is 1. The largest absolute Gasteiger partial charge is 0.394 e. The van der Waals surface area contributed by atoms with Crippen molar-refractivity contribution >= 4 is 43.4 Å². The third-order valence-electron chi connectivity index (χ3n) is 3.23. The van der Waals surface area contributed by atoms with Crippen molar-refractivity contribution in [3.8, 4) is 0 Å². The van der Waals surface area contributed by atoms with Crippen molar-refractivity contribution in [2.24, 2.45) is 5.14 Å². The summed E-state index contributed by atoms with van der Waals surface area (Å²) in [6.45, 7) is 2.02. The SMILES string of the molecule is CCCC(CO)Nc1nc(Nc2ccc(S(N)(=O)=O)nc2)ncc1Br. The molecule has 0 saturated heterocycles. The Morgan fingerprint density at radius 3 is 2.64 bits per heavy atom. The Labute approximate surface area is 154 Å². The fourth-order valence-electron chi connectivity index (χ4n) is 2.03. The minimum atomic E-state index is -3.84. The number of aliphatic hydroxyl groups excluding tert-OH is 1. The van der Waals surface area contributed by atoms with Gasteiger partial charge in [0.2, 0.25) is 5.95 Å². The second-order valence-electron chi connectivity index (χ2n) is 5.26. The molecule has 136 valence electrons. The van der Waals surface area contributed by atoms with Crippen molar-refractivity contribution in [1.82, 2.24) is 15.0 Å². The highest BCUT2D eigenvalue weighted by Gasteiger charge is 2.12. The molecule has 0 saturated carbocycles. The average Bonchev–Trinajstić information content (AvgIpc) is 2.57. The van der Waals surface area contributed by atoms with Gasteiger partial charge in [0.05, 0.1) is 29.0 Å². The summed E-state index contributed by atoms with van der Waals surface area (Å²) < 4.78 is 23.1. The van der Waals surface area contributed by atoms with E-state index >= 15 is 0 Å². The number of nitrogens with two attached hydrogens (primary N) is 1. The Morgan fingerprint density at radius 2 is 2.08 bits per heavy atom. The fraction of sp³-hybridized carbons (Fsp3) is 0.357. The van der Waals surface area contributed by atoms with E-state index in [9.17, 15) is 13.5 Å². The van der Waals surface area contributed by atoms with E-state index in [2.05, 4.69) is 41.5 Å². The van der Waals surface area contributed by atoms with E-state index in [0.29, 0.717) is 21.9 Å². The maximum atomic E-state index is 11.2. The van der Waals surface area contributed by atoms with Gasteiger partial charge in [-0.15, -0.1) is 0 Å². The molecule has 0 aliphatic carbocycles. The van der Waals surface area contributed by atoms with E-state index in [1.807, 2.05) is 6.92 Å². The maximum Gasteiger partial charge on any atom is 0.255 e. The molecule has 2 heterocycles. The highest BCUT2D eigenvalue weighted by molar-refractivity contribution is 9.10. The number of aromatic nitrogens is 3. The van der Waals surface area contributed by atoms with Gasteiger partial charge in [0, 0.05) is 6.20 Å². The minimum Gasteiger partial charge on any atom is -0.394 e. The predicted molar refractivity (Wildman–Crippen MR) is 98.0 cm³/mol. The van der Waals surface area contributed by atoms with Gasteiger partial charge in [0.1, 0.15) is 5.82 Å². The van der Waals surface area contributed by atoms with Gasteiger partial charge in [-0.2, -0.15) is 4.98 Å². The van der Waals surface area contributed by atoms with Crippen LogP contribution in [-0.2, 0) is 10.0 Å². The first-order valence-electron chi connectivity index (χ1n) is 7.49. The zero-order valence-electron chi connectivity index (χ0n) is 13.5. The number of nitrogens with zero attached hydrogens (tertiary/aromatic N) is 3. The third-order valence-corrected chi connectivity index (χ3v) is 4.63. The predicted octanol–water partition coefficient (Wildman–Crippen LogP) is 1.60. The van der Waals surface area contributed by atoms with E-state index in [4.69, 9.17) is 5.14 Å². The lowest BCUT2D eigenvalue weighted by Crippen LogP contribution is -2.24. The van der Waals surface area contributed by atoms with Crippen molar-refractivity contribution in [3.05, 3.63) is 29.0 Å². The number of sulfonamides is 1. The lowest BCUT2D eigenvalue weighted by molar-refractivity contribution is 0.268. The van der Waals surface area contributed by atoms with Crippen LogP contribution in [-0.4, -0.2) is 41.1 Å². The Balaban J connectivity index is 2.16. The number of aliphatic hydroxyl groups is 1. The first-order chi connectivity index (χ1) is 11.8. The van der Waals surface area contributed by atoms with Gasteiger partial charge in [-0.25, -0.2) is 23.5 Å². The molecule has 2 aromatic heterocycles. The summed E-state index contributed by atoms with van der Waals surface area (Å²) in [4.78, 5) is 12.3. The molecule has 0 aromatic carbocycles. The molecule has 25 heavy (non-hydrogen) atoms. The number of anilines is 3. The standard InChI is InChI=1S/C14H19BrN6O3S/c1-2-3-10(8-22)19-13-11(15)7-18-14(21-13)20-9-4-5-12(17-6-9)25(16,23)24/h4-7,10,22H,2-3,8H2,1H3,(H2,16,23,24)(H2,18,19,20,21). The molecule has 0 amide bonds. The summed E-state index contributed by atoms with van der Waals surface area (Å²) >= 11 is 3.37. The Morgan fingerprint density at radius 1 is 1.32 bits per heavy atom. The van der Waals surface area contributed by atoms with Crippen molar-refractivity contribution in [1.29, 1.82) is 0 Å². The Bertz CT molecular complexity index is 816. The van der Waals surface area contributed by atoms with E-state index in [1.165, 1.54) is 18.3 Å². The van der Waals surface area contributed by atoms with Gasteiger partial charge in [-0.05, 0) is 34.5 Å². The Hall–Kier alpha value is -1.82. The van der Waals surface area contributed by atoms with E-state index in [1.54, 1.807) is 6.20 Å². The van der Waals surface area contributed by atoms with Gasteiger partial charge in [-0.1, -0.05) is 13.3 Å². The summed E-state index contributed by atoms with van der Waals surface area (Å²) in [5.41, 5.74) is 0.507. The van der Waals surface area contributed by atoms with Crippen molar-refractivity contribution < 1.29 is 13.5 Å². The zero-order valence-corrected chi connectivity index (χ0v) is 15.9. The molecule has 0 aliphatic heterocycles. The van der Waals surface area contributed by atoms with Crippen molar-refractivity contribution in [2.75, 3.05) is 17.2 Å². The van der Waals surface area contributed by atoms with Crippen LogP contribution >= 0.6 is 15.9 Å². The molecular weight excluding hydrogens is 412 g/mol. The number of hydrogen-bond acceptors (Lipinski definition) is 8. The van der Waals surface area contributed by atoms with Crippen LogP contribution in [0, 0.1) is 0 Å². The molecular formula is C14H19BrN6O3S. The first kappa shape index (κ1) is 19.5. The van der Waals surface area contributed by atoms with Crippen LogP contribution in [0.15, 0.2) is 34.0 Å². The van der Waals surface area contributed by atoms with Crippen LogP contribution in [0.1, 0.15) is 19.8 Å². The van der Waals surface area contributed by atoms with Gasteiger partial charge < -0.3 is 15.7 Å². The maximum absolute atomic E-state index is 11.2. The highest BCUT2D eigenvalue weighted by atomic mass is 79.9. The fourth-order valence-corrected chi connectivity index (χ4v) is 2.79. The molecule has 2 rings (SSSR count). The summed E-state index contributed by atoms with van der Waals surface area (Å²) in [7, 11) is -3.84. The molecule has 5 N–H and O–H groups in total. The summed E-state index contributed by atoms with van der Waals surface area (Å²) in [6.07, 6.45) is 4.62. The van der Waals surface area contributed by atoms with Gasteiger partial charge >= 0.3 is 0 Å². The molecule has 1 unspecified atom stereocenters. The molecule has 1 atom stereocenters. The first-order valence-corrected chi connectivity index (χ1v) is 9.83. The molecule has 11 heteroatoms. The van der Waals surface area contributed by atoms with Crippen LogP contribution in [0.25, 0.3) is 0 Å². The van der Waals surface area contributed by atoms with E-state index < -0.39 is 10.0 Å². The minimum absolute atomic E-state index is 0.00795. The van der Waals surface area contributed by atoms with E-state index in [-0.39, 0.29) is 17.7 Å². The van der Waals surface area contributed by atoms with Gasteiger partial charge in [0.15, 0.2) is 5.03 Å². The highest BCUT2D eigenvalue weighted by Crippen LogP contribution is 2.23. The van der Waals surface area contributed by atoms with Crippen LogP contribution < -0.4 is 15.8 Å². The van der Waals surface area contributed by atoms with Crippen LogP contribution in [0.2, 0.25) is 0 Å². The molecule has 0 fully saturated rings. The lowest BCUT2D eigenvalue weighted by Gasteiger charge is -2.17. The van der Waals surface area contributed by atoms with Crippen LogP contribution in [0.3, 0.4) is 0 Å². The molecule has 0 bridgehead atoms. The Kier molecular flexibility index (Phi) is 6.64. The van der Waals surface area contributed by atoms with Crippen molar-refractivity contribution in [2.45, 2.75) is 30.8 Å². The number of halogens is 1. The van der Waals surface area contributed by atoms with Crippen LogP contribution in [0.4, 0.5) is 17.5 Å². The topological polar surface area (TPSA) is 143 Å². The van der Waals surface area contributed by atoms with Gasteiger partial charge in [-0.3, -0.25) is 0 Å². The number of rotatable bonds is 8. The quantitative estimate of drug-likeness (QED) is 0.494. The second kappa shape index (κ2) is 8.52. The monoisotopic (exact) mass is 430 g/mol. The number of primary sulfonamides is 1. The smallest absolute Gasteiger partial charge is 0.255 e. The molecule has 0 spiro atoms. The zero-order chi connectivity index (χ0) is 18.4. The summed E-state index contributed by atoms with van der Waals surface area (Å²) in [5, 5.41) is 20.3. The lowest BCUT2D eigenvalue weighted by atomic mass is 10.2. The number of nitrogens with one attached hydrogen (secondary N) is 2. The molecule has 0 radical (unpaired) electrons. The normalized spacial score (nSPS) is 12.6. The summed E-state index contributed by atoms with van der Waals surface area (Å²) in [5.74, 6) is 0.836. The number of hydrogen-bond donors (Lipinski definition) is 4. The molecule has 2 aromatic rings. The summed E-state index contributed by atoms with van der Waals surface area (Å²) in [6, 6.07) is 2.69. The molecule has 9 nitrogen and oxygen atoms in total. The van der Waals surface area contributed by atoms with E-state index in [0.717, 1.165) is 12.8 Å². The average molecular weight is 431 g/mol. The second-order valence-corrected chi connectivity index (χ2v) is 7.62.